The fourth-order valence-electron chi connectivity index (χ4n) is 2.27. The van der Waals surface area contributed by atoms with Crippen molar-refractivity contribution in [2.45, 2.75) is 0 Å². The summed E-state index contributed by atoms with van der Waals surface area (Å²) in [4.78, 5) is 12.7. The van der Waals surface area contributed by atoms with Crippen LogP contribution in [0.2, 0.25) is 0 Å². The first-order chi connectivity index (χ1) is 9.85. The minimum absolute atomic E-state index is 0.638. The Kier molecular flexibility index (Phi) is 3.16. The van der Waals surface area contributed by atoms with Gasteiger partial charge in [-0.2, -0.15) is 0 Å². The van der Waals surface area contributed by atoms with Crippen molar-refractivity contribution in [3.05, 3.63) is 43.0 Å². The predicted molar refractivity (Wildman–Crippen MR) is 78.9 cm³/mol. The summed E-state index contributed by atoms with van der Waals surface area (Å²) < 4.78 is 5.47. The molecule has 0 saturated carbocycles. The van der Waals surface area contributed by atoms with Gasteiger partial charge in [-0.05, 0) is 11.5 Å². The van der Waals surface area contributed by atoms with Gasteiger partial charge in [-0.15, -0.1) is 0 Å². The summed E-state index contributed by atoms with van der Waals surface area (Å²) in [6, 6.07) is 8.01. The van der Waals surface area contributed by atoms with E-state index < -0.39 is 0 Å². The van der Waals surface area contributed by atoms with Crippen LogP contribution in [0.1, 0.15) is 0 Å². The van der Waals surface area contributed by atoms with Crippen LogP contribution in [0.5, 0.6) is 5.75 Å². The number of pyridine rings is 1. The third-order valence-corrected chi connectivity index (χ3v) is 3.18. The van der Waals surface area contributed by atoms with E-state index in [4.69, 9.17) is 4.74 Å². The maximum atomic E-state index is 5.47. The Bertz CT molecular complexity index is 752. The summed E-state index contributed by atoms with van der Waals surface area (Å²) in [7, 11) is 3.43. The molecule has 0 spiro atoms. The number of nitrogens with zero attached hydrogens (tertiary/aromatic N) is 3. The van der Waals surface area contributed by atoms with Crippen LogP contribution in [0, 0.1) is 0 Å². The molecule has 1 N–H and O–H groups in total. The highest BCUT2D eigenvalue weighted by Crippen LogP contribution is 2.36. The molecule has 0 saturated heterocycles. The minimum Gasteiger partial charge on any atom is -0.491 e. The molecule has 5 heteroatoms. The molecule has 0 radical (unpaired) electrons. The fourth-order valence-corrected chi connectivity index (χ4v) is 2.27. The number of anilines is 1. The van der Waals surface area contributed by atoms with Gasteiger partial charge in [-0.1, -0.05) is 18.2 Å². The van der Waals surface area contributed by atoms with Crippen LogP contribution in [0.4, 0.5) is 5.82 Å². The quantitative estimate of drug-likeness (QED) is 0.789. The van der Waals surface area contributed by atoms with Crippen molar-refractivity contribution in [3.63, 3.8) is 0 Å². The molecule has 0 aliphatic rings. The zero-order chi connectivity index (χ0) is 13.9. The van der Waals surface area contributed by atoms with E-state index in [1.165, 1.54) is 6.33 Å². The van der Waals surface area contributed by atoms with Crippen LogP contribution in [-0.4, -0.2) is 29.1 Å². The van der Waals surface area contributed by atoms with Crippen LogP contribution >= 0.6 is 0 Å². The first-order valence-electron chi connectivity index (χ1n) is 6.25. The van der Waals surface area contributed by atoms with Crippen LogP contribution in [0.3, 0.4) is 0 Å². The smallest absolute Gasteiger partial charge is 0.187 e. The van der Waals surface area contributed by atoms with Gasteiger partial charge in [0.25, 0.3) is 0 Å². The highest BCUT2D eigenvalue weighted by atomic mass is 16.5. The molecule has 2 aromatic heterocycles. The van der Waals surface area contributed by atoms with Crippen molar-refractivity contribution >= 4 is 16.6 Å². The third-order valence-electron chi connectivity index (χ3n) is 3.18. The topological polar surface area (TPSA) is 59.9 Å². The Balaban J connectivity index is 2.31. The number of methoxy groups -OCH3 is 1. The average Bonchev–Trinajstić information content (AvgIpc) is 2.53. The lowest BCUT2D eigenvalue weighted by atomic mass is 10.0. The van der Waals surface area contributed by atoms with E-state index in [1.54, 1.807) is 13.3 Å². The summed E-state index contributed by atoms with van der Waals surface area (Å²) in [6.45, 7) is 0. The normalized spacial score (nSPS) is 10.5. The molecule has 2 heterocycles. The number of hydrogen-bond donors (Lipinski definition) is 1. The highest BCUT2D eigenvalue weighted by molar-refractivity contribution is 5.97. The number of ether oxygens (including phenoxy) is 1. The standard InChI is InChI=1S/C15H14N4O/c1-16-15-14(20-2)13(18-9-19-15)12-5-3-4-10-8-17-7-6-11(10)12/h3-9H,1-2H3,(H,16,18,19). The van der Waals surface area contributed by atoms with Gasteiger partial charge < -0.3 is 10.1 Å². The zero-order valence-corrected chi connectivity index (χ0v) is 11.3. The summed E-state index contributed by atoms with van der Waals surface area (Å²) in [5.41, 5.74) is 1.77. The van der Waals surface area contributed by atoms with Crippen molar-refractivity contribution in [1.29, 1.82) is 0 Å². The Hall–Kier alpha value is -2.69. The molecule has 0 fully saturated rings. The van der Waals surface area contributed by atoms with Gasteiger partial charge in [0.05, 0.1) is 7.11 Å². The lowest BCUT2D eigenvalue weighted by molar-refractivity contribution is 0.415. The summed E-state index contributed by atoms with van der Waals surface area (Å²) in [6.07, 6.45) is 5.15. The second-order valence-electron chi connectivity index (χ2n) is 4.26. The van der Waals surface area contributed by atoms with Crippen molar-refractivity contribution in [3.8, 4) is 17.0 Å². The van der Waals surface area contributed by atoms with Gasteiger partial charge >= 0.3 is 0 Å². The third kappa shape index (κ3) is 1.93. The van der Waals surface area contributed by atoms with Gasteiger partial charge in [0.1, 0.15) is 12.0 Å². The van der Waals surface area contributed by atoms with Crippen LogP contribution in [0.15, 0.2) is 43.0 Å². The van der Waals surface area contributed by atoms with E-state index in [-0.39, 0.29) is 0 Å². The molecule has 1 aromatic carbocycles. The monoisotopic (exact) mass is 266 g/mol. The number of aromatic nitrogens is 3. The van der Waals surface area contributed by atoms with E-state index in [2.05, 4.69) is 20.3 Å². The number of rotatable bonds is 3. The van der Waals surface area contributed by atoms with Gasteiger partial charge in [0.15, 0.2) is 11.6 Å². The fraction of sp³-hybridized carbons (Fsp3) is 0.133. The number of hydrogen-bond acceptors (Lipinski definition) is 5. The van der Waals surface area contributed by atoms with Gasteiger partial charge in [0.2, 0.25) is 0 Å². The molecular weight excluding hydrogens is 252 g/mol. The Morgan fingerprint density at radius 3 is 2.85 bits per heavy atom. The van der Waals surface area contributed by atoms with Crippen LogP contribution in [-0.2, 0) is 0 Å². The molecule has 100 valence electrons. The zero-order valence-electron chi connectivity index (χ0n) is 11.3. The van der Waals surface area contributed by atoms with Crippen molar-refractivity contribution in [2.24, 2.45) is 0 Å². The van der Waals surface area contributed by atoms with Crippen LogP contribution in [0.25, 0.3) is 22.0 Å². The molecule has 0 aliphatic heterocycles. The van der Waals surface area contributed by atoms with Crippen LogP contribution < -0.4 is 10.1 Å². The molecule has 5 nitrogen and oxygen atoms in total. The maximum absolute atomic E-state index is 5.47. The molecule has 20 heavy (non-hydrogen) atoms. The molecule has 3 aromatic rings. The number of fused-ring (bicyclic) bond motifs is 1. The largest absolute Gasteiger partial charge is 0.491 e. The number of nitrogens with one attached hydrogen (secondary N) is 1. The first kappa shape index (κ1) is 12.3. The minimum atomic E-state index is 0.638. The van der Waals surface area contributed by atoms with Crippen molar-refractivity contribution in [2.75, 3.05) is 19.5 Å². The summed E-state index contributed by atoms with van der Waals surface area (Å²) in [5, 5.41) is 5.17. The summed E-state index contributed by atoms with van der Waals surface area (Å²) >= 11 is 0. The molecule has 0 aliphatic carbocycles. The Labute approximate surface area is 116 Å². The molecule has 0 atom stereocenters. The van der Waals surface area contributed by atoms with E-state index in [0.717, 1.165) is 22.0 Å². The second kappa shape index (κ2) is 5.13. The maximum Gasteiger partial charge on any atom is 0.187 e. The molecule has 0 amide bonds. The Morgan fingerprint density at radius 1 is 1.15 bits per heavy atom. The predicted octanol–water partition coefficient (Wildman–Crippen LogP) is 2.74. The van der Waals surface area contributed by atoms with E-state index in [0.29, 0.717) is 11.6 Å². The van der Waals surface area contributed by atoms with E-state index >= 15 is 0 Å². The second-order valence-corrected chi connectivity index (χ2v) is 4.26. The lowest BCUT2D eigenvalue weighted by Crippen LogP contribution is -2.00. The summed E-state index contributed by atoms with van der Waals surface area (Å²) in [5.74, 6) is 1.31. The van der Waals surface area contributed by atoms with Crippen molar-refractivity contribution in [1.82, 2.24) is 15.0 Å². The molecular formula is C15H14N4O. The first-order valence-corrected chi connectivity index (χ1v) is 6.25. The van der Waals surface area contributed by atoms with Gasteiger partial charge in [-0.3, -0.25) is 4.98 Å². The van der Waals surface area contributed by atoms with Gasteiger partial charge in [-0.25, -0.2) is 9.97 Å². The average molecular weight is 266 g/mol. The SMILES string of the molecule is CNc1ncnc(-c2cccc3cnccc23)c1OC. The molecule has 3 rings (SSSR count). The molecule has 0 unspecified atom stereocenters. The van der Waals surface area contributed by atoms with Gasteiger partial charge in [0, 0.05) is 30.4 Å². The molecule has 0 bridgehead atoms. The Morgan fingerprint density at radius 2 is 2.05 bits per heavy atom. The van der Waals surface area contributed by atoms with E-state index in [1.807, 2.05) is 37.5 Å². The lowest BCUT2D eigenvalue weighted by Gasteiger charge is -2.12. The van der Waals surface area contributed by atoms with E-state index in [9.17, 15) is 0 Å². The highest BCUT2D eigenvalue weighted by Gasteiger charge is 2.14. The number of benzene rings is 1. The van der Waals surface area contributed by atoms with Crippen molar-refractivity contribution < 1.29 is 4.74 Å².